The molecule has 13 heavy (non-hydrogen) atoms. The van der Waals surface area contributed by atoms with Gasteiger partial charge in [-0.15, -0.1) is 0 Å². The lowest BCUT2D eigenvalue weighted by Crippen LogP contribution is -2.03. The van der Waals surface area contributed by atoms with Gasteiger partial charge in [-0.1, -0.05) is 46.5 Å². The van der Waals surface area contributed by atoms with Gasteiger partial charge in [-0.05, 0) is 6.42 Å². The Hall–Kier alpha value is -0.0900. The lowest BCUT2D eigenvalue weighted by molar-refractivity contribution is 0.478. The fraction of sp³-hybridized carbons (Fsp3) is 1.00. The lowest BCUT2D eigenvalue weighted by atomic mass is 10.1. The molecule has 4 heteroatoms. The van der Waals surface area contributed by atoms with Gasteiger partial charge in [0.2, 0.25) is 0 Å². The van der Waals surface area contributed by atoms with Gasteiger partial charge in [0, 0.05) is 0 Å². The van der Waals surface area contributed by atoms with Crippen molar-refractivity contribution in [3.05, 3.63) is 0 Å². The second-order valence-corrected chi connectivity index (χ2v) is 4.63. The van der Waals surface area contributed by atoms with Crippen LogP contribution in [0.4, 0.5) is 0 Å². The Balaban J connectivity index is 0. The van der Waals surface area contributed by atoms with Crippen molar-refractivity contribution in [2.75, 3.05) is 5.75 Å². The summed E-state index contributed by atoms with van der Waals surface area (Å²) in [5.74, 6) is -0.0842. The van der Waals surface area contributed by atoms with Crippen molar-refractivity contribution >= 4 is 10.1 Å². The van der Waals surface area contributed by atoms with E-state index < -0.39 is 10.1 Å². The van der Waals surface area contributed by atoms with E-state index in [1.54, 1.807) is 0 Å². The van der Waals surface area contributed by atoms with Gasteiger partial charge in [0.15, 0.2) is 0 Å². The third-order valence-electron chi connectivity index (χ3n) is 1.76. The first-order valence-electron chi connectivity index (χ1n) is 4.51. The highest BCUT2D eigenvalue weighted by Gasteiger charge is 2.02. The zero-order valence-corrected chi connectivity index (χ0v) is 8.44. The molecule has 0 aliphatic carbocycles. The third-order valence-corrected chi connectivity index (χ3v) is 2.56. The normalized spacial score (nSPS) is 10.9. The predicted molar refractivity (Wildman–Crippen MR) is 56.5 cm³/mol. The molecule has 82 valence electrons. The van der Waals surface area contributed by atoms with Crippen molar-refractivity contribution in [1.82, 2.24) is 0 Å². The van der Waals surface area contributed by atoms with Crippen LogP contribution in [0.25, 0.3) is 0 Å². The number of hydrogen-bond donors (Lipinski definition) is 1. The highest BCUT2D eigenvalue weighted by atomic mass is 32.2. The molecule has 0 heterocycles. The molecule has 0 rings (SSSR count). The van der Waals surface area contributed by atoms with E-state index in [0.717, 1.165) is 12.8 Å². The van der Waals surface area contributed by atoms with Gasteiger partial charge in [-0.25, -0.2) is 0 Å². The molecule has 0 saturated carbocycles. The average Bonchev–Trinajstić information content (AvgIpc) is 1.94. The van der Waals surface area contributed by atoms with Crippen molar-refractivity contribution in [2.24, 2.45) is 0 Å². The van der Waals surface area contributed by atoms with Crippen LogP contribution >= 0.6 is 0 Å². The molecule has 0 atom stereocenters. The summed E-state index contributed by atoms with van der Waals surface area (Å²) in [6.45, 7) is 2.14. The van der Waals surface area contributed by atoms with E-state index in [2.05, 4.69) is 6.92 Å². The molecule has 0 amide bonds. The highest BCUT2D eigenvalue weighted by molar-refractivity contribution is 7.85. The van der Waals surface area contributed by atoms with Crippen LogP contribution in [0.1, 0.15) is 52.9 Å². The molecule has 0 aliphatic heterocycles. The van der Waals surface area contributed by atoms with Gasteiger partial charge in [0.05, 0.1) is 5.75 Å². The van der Waals surface area contributed by atoms with Gasteiger partial charge in [-0.3, -0.25) is 4.55 Å². The zero-order chi connectivity index (χ0) is 9.45. The molecule has 0 unspecified atom stereocenters. The summed E-state index contributed by atoms with van der Waals surface area (Å²) < 4.78 is 28.9. The molecule has 0 aliphatic rings. The van der Waals surface area contributed by atoms with Crippen LogP contribution in [0, 0.1) is 0 Å². The summed E-state index contributed by atoms with van der Waals surface area (Å²) in [5.41, 5.74) is 0. The molecular weight excluding hydrogens is 188 g/mol. The Morgan fingerprint density at radius 2 is 1.46 bits per heavy atom. The van der Waals surface area contributed by atoms with E-state index in [-0.39, 0.29) is 13.2 Å². The number of unbranched alkanes of at least 4 members (excludes halogenated alkanes) is 5. The maximum Gasteiger partial charge on any atom is 0.264 e. The molecule has 0 saturated heterocycles. The summed E-state index contributed by atoms with van der Waals surface area (Å²) in [7, 11) is -3.72. The Morgan fingerprint density at radius 3 is 1.92 bits per heavy atom. The van der Waals surface area contributed by atoms with E-state index in [1.165, 1.54) is 19.3 Å². The van der Waals surface area contributed by atoms with Gasteiger partial charge < -0.3 is 0 Å². The minimum Gasteiger partial charge on any atom is -0.286 e. The van der Waals surface area contributed by atoms with Crippen LogP contribution in [0.2, 0.25) is 0 Å². The van der Waals surface area contributed by atoms with Crippen LogP contribution in [0.15, 0.2) is 0 Å². The standard InChI is InChI=1S/C8H18O3S.CH4/c1-2-3-4-5-6-7-8-12(9,10)11;/h2-8H2,1H3,(H,9,10,11);1H4. The Bertz CT molecular complexity index is 185. The first kappa shape index (κ1) is 15.4. The minimum absolute atomic E-state index is 0. The minimum atomic E-state index is -3.72. The van der Waals surface area contributed by atoms with Crippen molar-refractivity contribution in [1.29, 1.82) is 0 Å². The maximum atomic E-state index is 10.3. The molecule has 0 bridgehead atoms. The topological polar surface area (TPSA) is 54.4 Å². The molecule has 0 radical (unpaired) electrons. The maximum absolute atomic E-state index is 10.3. The molecule has 0 aromatic carbocycles. The summed E-state index contributed by atoms with van der Waals surface area (Å²) in [4.78, 5) is 0. The van der Waals surface area contributed by atoms with Crippen LogP contribution in [0.3, 0.4) is 0 Å². The molecule has 1 N–H and O–H groups in total. The monoisotopic (exact) mass is 210 g/mol. The zero-order valence-electron chi connectivity index (χ0n) is 7.62. The van der Waals surface area contributed by atoms with Crippen LogP contribution < -0.4 is 0 Å². The van der Waals surface area contributed by atoms with Crippen molar-refractivity contribution in [3.63, 3.8) is 0 Å². The van der Waals surface area contributed by atoms with E-state index in [1.807, 2.05) is 0 Å². The van der Waals surface area contributed by atoms with Crippen molar-refractivity contribution in [3.8, 4) is 0 Å². The van der Waals surface area contributed by atoms with Crippen molar-refractivity contribution < 1.29 is 13.0 Å². The molecule has 0 spiro atoms. The second kappa shape index (κ2) is 8.51. The largest absolute Gasteiger partial charge is 0.286 e. The molecule has 0 fully saturated rings. The fourth-order valence-electron chi connectivity index (χ4n) is 1.06. The van der Waals surface area contributed by atoms with E-state index in [0.29, 0.717) is 6.42 Å². The second-order valence-electron chi connectivity index (χ2n) is 3.05. The van der Waals surface area contributed by atoms with E-state index in [4.69, 9.17) is 4.55 Å². The summed E-state index contributed by atoms with van der Waals surface area (Å²) in [5, 5.41) is 0. The van der Waals surface area contributed by atoms with Crippen LogP contribution in [-0.2, 0) is 10.1 Å². The van der Waals surface area contributed by atoms with Gasteiger partial charge >= 0.3 is 0 Å². The highest BCUT2D eigenvalue weighted by Crippen LogP contribution is 2.05. The molecule has 0 aromatic heterocycles. The number of rotatable bonds is 7. The van der Waals surface area contributed by atoms with Crippen molar-refractivity contribution in [2.45, 2.75) is 52.9 Å². The summed E-state index contributed by atoms with van der Waals surface area (Å²) in [6, 6.07) is 0. The SMILES string of the molecule is C.CCCCCCCCS(=O)(=O)O. The molecule has 3 nitrogen and oxygen atoms in total. The van der Waals surface area contributed by atoms with Gasteiger partial charge in [0.25, 0.3) is 10.1 Å². The predicted octanol–water partition coefficient (Wildman–Crippen LogP) is 2.87. The average molecular weight is 210 g/mol. The smallest absolute Gasteiger partial charge is 0.264 e. The lowest BCUT2D eigenvalue weighted by Gasteiger charge is -1.98. The Morgan fingerprint density at radius 1 is 1.00 bits per heavy atom. The van der Waals surface area contributed by atoms with Crippen LogP contribution in [0.5, 0.6) is 0 Å². The van der Waals surface area contributed by atoms with Gasteiger partial charge in [-0.2, -0.15) is 8.42 Å². The third kappa shape index (κ3) is 14.7. The van der Waals surface area contributed by atoms with Crippen LogP contribution in [-0.4, -0.2) is 18.7 Å². The summed E-state index contributed by atoms with van der Waals surface area (Å²) >= 11 is 0. The fourth-order valence-corrected chi connectivity index (χ4v) is 1.63. The summed E-state index contributed by atoms with van der Waals surface area (Å²) in [6.07, 6.45) is 6.14. The number of hydrogen-bond acceptors (Lipinski definition) is 2. The first-order chi connectivity index (χ1) is 5.56. The Kier molecular flexibility index (Phi) is 10.1. The first-order valence-corrected chi connectivity index (χ1v) is 6.12. The Labute approximate surface area is 82.3 Å². The van der Waals surface area contributed by atoms with E-state index >= 15 is 0 Å². The van der Waals surface area contributed by atoms with Gasteiger partial charge in [0.1, 0.15) is 0 Å². The molecular formula is C9H22O3S. The van der Waals surface area contributed by atoms with E-state index in [9.17, 15) is 8.42 Å². The quantitative estimate of drug-likeness (QED) is 0.519. The molecule has 0 aromatic rings.